The smallest absolute Gasteiger partial charge is 0.417 e. The minimum atomic E-state index is -4.73. The van der Waals surface area contributed by atoms with Crippen molar-refractivity contribution in [1.82, 2.24) is 25.3 Å². The number of pyridine rings is 2. The predicted molar refractivity (Wildman–Crippen MR) is 146 cm³/mol. The third kappa shape index (κ3) is 6.01. The van der Waals surface area contributed by atoms with Crippen LogP contribution in [0.15, 0.2) is 36.8 Å². The van der Waals surface area contributed by atoms with E-state index in [9.17, 15) is 28.2 Å². The number of piperidine rings is 1. The van der Waals surface area contributed by atoms with E-state index >= 15 is 0 Å². The number of aliphatic hydroxyl groups excluding tert-OH is 1. The number of aromatic nitrogens is 4. The topological polar surface area (TPSA) is 160 Å². The lowest BCUT2D eigenvalue weighted by Gasteiger charge is -2.34. The molecule has 0 aliphatic carbocycles. The molecule has 0 radical (unpaired) electrons. The predicted octanol–water partition coefficient (Wildman–Crippen LogP) is 3.75. The summed E-state index contributed by atoms with van der Waals surface area (Å²) in [7, 11) is 1.48. The van der Waals surface area contributed by atoms with Gasteiger partial charge in [0.2, 0.25) is 0 Å². The minimum Gasteiger partial charge on any atom is -0.477 e. The van der Waals surface area contributed by atoms with Crippen LogP contribution in [0.4, 0.5) is 24.7 Å². The van der Waals surface area contributed by atoms with Gasteiger partial charge in [0.05, 0.1) is 30.2 Å². The Morgan fingerprint density at radius 3 is 2.51 bits per heavy atom. The molecular weight excluding hydrogens is 563 g/mol. The molecule has 0 aromatic carbocycles. The number of thiophene rings is 1. The molecule has 0 saturated carbocycles. The van der Waals surface area contributed by atoms with Crippen LogP contribution in [0.5, 0.6) is 6.01 Å². The fourth-order valence-corrected chi connectivity index (χ4v) is 5.64. The van der Waals surface area contributed by atoms with Crippen LogP contribution in [-0.4, -0.2) is 68.9 Å². The fourth-order valence-electron chi connectivity index (χ4n) is 4.69. The summed E-state index contributed by atoms with van der Waals surface area (Å²) in [5.74, 6) is -1.28. The lowest BCUT2D eigenvalue weighted by molar-refractivity contribution is -0.136. The van der Waals surface area contributed by atoms with Crippen molar-refractivity contribution in [2.45, 2.75) is 31.2 Å². The second-order valence-electron chi connectivity index (χ2n) is 9.48. The van der Waals surface area contributed by atoms with E-state index in [0.717, 1.165) is 6.07 Å². The summed E-state index contributed by atoms with van der Waals surface area (Å²) in [4.78, 5) is 29.6. The largest absolute Gasteiger partial charge is 0.477 e. The van der Waals surface area contributed by atoms with Crippen molar-refractivity contribution in [3.05, 3.63) is 52.8 Å². The maximum absolute atomic E-state index is 13.9. The van der Waals surface area contributed by atoms with E-state index in [1.807, 2.05) is 0 Å². The number of aromatic carboxylic acids is 1. The Bertz CT molecular complexity index is 1540. The van der Waals surface area contributed by atoms with Crippen molar-refractivity contribution < 1.29 is 32.9 Å². The summed E-state index contributed by atoms with van der Waals surface area (Å²) in [5.41, 5.74) is 6.32. The molecule has 1 aliphatic heterocycles. The third-order valence-electron chi connectivity index (χ3n) is 6.88. The average Bonchev–Trinajstić information content (AvgIpc) is 3.31. The number of carboxylic acid groups (broad SMARTS) is 1. The number of nitrogens with zero attached hydrogens (tertiary/aromatic N) is 5. The van der Waals surface area contributed by atoms with E-state index in [4.69, 9.17) is 10.5 Å². The highest BCUT2D eigenvalue weighted by Crippen LogP contribution is 2.43. The molecule has 5 heterocycles. The van der Waals surface area contributed by atoms with Gasteiger partial charge in [0, 0.05) is 60.8 Å². The van der Waals surface area contributed by atoms with Crippen LogP contribution in [0.1, 0.15) is 39.7 Å². The fraction of sp³-hybridized carbons (Fsp3) is 0.346. The van der Waals surface area contributed by atoms with E-state index < -0.39 is 29.5 Å². The highest BCUT2D eigenvalue weighted by atomic mass is 32.1. The van der Waals surface area contributed by atoms with Gasteiger partial charge in [-0.2, -0.15) is 13.2 Å². The first kappa shape index (κ1) is 28.4. The Balaban J connectivity index is 1.20. The summed E-state index contributed by atoms with van der Waals surface area (Å²) < 4.78 is 46.6. The van der Waals surface area contributed by atoms with Crippen LogP contribution in [0.2, 0.25) is 0 Å². The molecule has 216 valence electrons. The van der Waals surface area contributed by atoms with Gasteiger partial charge in [-0.1, -0.05) is 6.07 Å². The second-order valence-corrected chi connectivity index (χ2v) is 10.5. The number of carboxylic acids is 1. The van der Waals surface area contributed by atoms with Crippen molar-refractivity contribution in [2.24, 2.45) is 0 Å². The number of nitrogens with one attached hydrogen (secondary N) is 1. The molecule has 0 spiro atoms. The number of alkyl halides is 3. The van der Waals surface area contributed by atoms with Crippen molar-refractivity contribution in [1.29, 1.82) is 0 Å². The van der Waals surface area contributed by atoms with Crippen LogP contribution in [0, 0.1) is 0 Å². The summed E-state index contributed by atoms with van der Waals surface area (Å²) in [6.07, 6.45) is 0.448. The third-order valence-corrected chi connectivity index (χ3v) is 7.97. The average molecular weight is 590 g/mol. The quantitative estimate of drug-likeness (QED) is 0.237. The van der Waals surface area contributed by atoms with E-state index in [0.29, 0.717) is 54.1 Å². The zero-order chi connectivity index (χ0) is 29.3. The van der Waals surface area contributed by atoms with Gasteiger partial charge in [0.25, 0.3) is 0 Å². The first-order chi connectivity index (χ1) is 19.5. The molecule has 11 nitrogen and oxygen atoms in total. The Labute approximate surface area is 235 Å². The number of halogens is 3. The Kier molecular flexibility index (Phi) is 7.93. The molecule has 1 saturated heterocycles. The molecule has 1 atom stereocenters. The summed E-state index contributed by atoms with van der Waals surface area (Å²) in [6, 6.07) is 4.76. The molecule has 15 heteroatoms. The molecule has 5 N–H and O–H groups in total. The molecule has 5 rings (SSSR count). The number of hydrogen-bond acceptors (Lipinski definition) is 11. The molecule has 0 amide bonds. The van der Waals surface area contributed by atoms with Gasteiger partial charge in [0.1, 0.15) is 15.5 Å². The first-order valence-corrected chi connectivity index (χ1v) is 13.4. The zero-order valence-electron chi connectivity index (χ0n) is 21.7. The first-order valence-electron chi connectivity index (χ1n) is 12.6. The lowest BCUT2D eigenvalue weighted by atomic mass is 10.0. The number of anilines is 2. The van der Waals surface area contributed by atoms with Crippen LogP contribution >= 0.6 is 11.3 Å². The van der Waals surface area contributed by atoms with E-state index in [1.54, 1.807) is 35.6 Å². The Morgan fingerprint density at radius 1 is 1.22 bits per heavy atom. The number of carbonyl (C=O) groups is 1. The van der Waals surface area contributed by atoms with Crippen LogP contribution in [0.25, 0.3) is 21.5 Å². The number of rotatable bonds is 8. The maximum atomic E-state index is 13.9. The Hall–Kier alpha value is -4.08. The molecular formula is C26H26F3N7O4S. The number of methoxy groups -OCH3 is 1. The minimum absolute atomic E-state index is 0.0337. The van der Waals surface area contributed by atoms with Gasteiger partial charge in [-0.15, -0.1) is 11.3 Å². The van der Waals surface area contributed by atoms with E-state index in [-0.39, 0.29) is 39.5 Å². The van der Waals surface area contributed by atoms with Gasteiger partial charge in [0.15, 0.2) is 0 Å². The molecule has 0 bridgehead atoms. The second kappa shape index (κ2) is 11.4. The van der Waals surface area contributed by atoms with Crippen LogP contribution in [-0.2, 0) is 6.18 Å². The number of nitrogen functional groups attached to an aromatic ring is 1. The number of hydrogen-bond donors (Lipinski definition) is 4. The van der Waals surface area contributed by atoms with Crippen LogP contribution in [0.3, 0.4) is 0 Å². The maximum Gasteiger partial charge on any atom is 0.417 e. The molecule has 1 unspecified atom stereocenters. The molecule has 4 aromatic rings. The van der Waals surface area contributed by atoms with Gasteiger partial charge >= 0.3 is 18.2 Å². The standard InChI is InChI=1S/C26H26F3N7O4S/c1-40-25-33-10-14(11-34-25)17-3-2-13(9-32-17)18(37)12-31-15-4-6-36(7-5-15)19-8-16(26(27,28)29)20-21(30)22(24(38)39)41-23(20)35-19/h2-3,8-11,15,18,31,37H,4-7,12,30H2,1H3,(H,38,39). The zero-order valence-corrected chi connectivity index (χ0v) is 22.5. The normalized spacial score (nSPS) is 15.3. The summed E-state index contributed by atoms with van der Waals surface area (Å²) in [6.45, 7) is 1.12. The van der Waals surface area contributed by atoms with Gasteiger partial charge in [-0.3, -0.25) is 4.98 Å². The SMILES string of the molecule is COc1ncc(-c2ccc(C(O)CNC3CCN(c4cc(C(F)(F)F)c5c(N)c(C(=O)O)sc5n4)CC3)cn2)cn1. The molecule has 1 fully saturated rings. The molecule has 1 aliphatic rings. The van der Waals surface area contributed by atoms with Crippen molar-refractivity contribution in [3.8, 4) is 17.3 Å². The van der Waals surface area contributed by atoms with Crippen molar-refractivity contribution >= 4 is 39.0 Å². The van der Waals surface area contributed by atoms with Crippen molar-refractivity contribution in [3.63, 3.8) is 0 Å². The number of nitrogens with two attached hydrogens (primary N) is 1. The van der Waals surface area contributed by atoms with E-state index in [1.165, 1.54) is 7.11 Å². The monoisotopic (exact) mass is 589 g/mol. The van der Waals surface area contributed by atoms with Gasteiger partial charge in [-0.25, -0.2) is 19.7 Å². The van der Waals surface area contributed by atoms with Gasteiger partial charge in [-0.05, 0) is 25.0 Å². The van der Waals surface area contributed by atoms with Crippen molar-refractivity contribution in [2.75, 3.05) is 37.4 Å². The van der Waals surface area contributed by atoms with E-state index in [2.05, 4.69) is 25.3 Å². The van der Waals surface area contributed by atoms with Gasteiger partial charge < -0.3 is 30.9 Å². The Morgan fingerprint density at radius 2 is 1.93 bits per heavy atom. The number of aliphatic hydroxyl groups is 1. The number of fused-ring (bicyclic) bond motifs is 1. The molecule has 41 heavy (non-hydrogen) atoms. The highest BCUT2D eigenvalue weighted by Gasteiger charge is 2.37. The number of ether oxygens (including phenoxy) is 1. The van der Waals surface area contributed by atoms with Crippen LogP contribution < -0.4 is 20.7 Å². The lowest BCUT2D eigenvalue weighted by Crippen LogP contribution is -2.44. The summed E-state index contributed by atoms with van der Waals surface area (Å²) >= 11 is 0.632. The summed E-state index contributed by atoms with van der Waals surface area (Å²) in [5, 5.41) is 22.9. The highest BCUT2D eigenvalue weighted by molar-refractivity contribution is 7.21. The molecule has 4 aromatic heterocycles.